The maximum absolute atomic E-state index is 14.1. The first kappa shape index (κ1) is 20.7. The second kappa shape index (κ2) is 8.95. The van der Waals surface area contributed by atoms with Crippen LogP contribution in [0.15, 0.2) is 60.2 Å². The van der Waals surface area contributed by atoms with Gasteiger partial charge >= 0.3 is 0 Å². The summed E-state index contributed by atoms with van der Waals surface area (Å²) in [7, 11) is 0. The van der Waals surface area contributed by atoms with E-state index < -0.39 is 5.82 Å². The third-order valence-corrected chi connectivity index (χ3v) is 5.10. The molecule has 0 spiro atoms. The molecule has 0 saturated carbocycles. The van der Waals surface area contributed by atoms with Gasteiger partial charge in [-0.3, -0.25) is 9.89 Å². The number of hydrogen-bond donors (Lipinski definition) is 3. The van der Waals surface area contributed by atoms with Crippen LogP contribution in [0.5, 0.6) is 0 Å². The molecule has 1 amide bonds. The van der Waals surface area contributed by atoms with E-state index in [9.17, 15) is 9.18 Å². The first-order valence-corrected chi connectivity index (χ1v) is 9.37. The number of aromatic amines is 1. The molecule has 0 bridgehead atoms. The highest BCUT2D eigenvalue weighted by molar-refractivity contribution is 7.13. The molecule has 4 aromatic rings. The number of benzene rings is 2. The van der Waals surface area contributed by atoms with E-state index in [2.05, 4.69) is 20.5 Å². The van der Waals surface area contributed by atoms with Gasteiger partial charge in [0.05, 0.1) is 11.9 Å². The zero-order valence-electron chi connectivity index (χ0n) is 15.1. The lowest BCUT2D eigenvalue weighted by Gasteiger charge is -2.15. The highest BCUT2D eigenvalue weighted by Crippen LogP contribution is 2.33. The van der Waals surface area contributed by atoms with Crippen LogP contribution < -0.4 is 11.1 Å². The average molecular weight is 430 g/mol. The molecule has 4 rings (SSSR count). The molecule has 0 unspecified atom stereocenters. The SMILES string of the molecule is Cl.NCc1cc(F)cc(-c2ccccc2)c1NC(=O)c1csc(-c2cn[nH]c2)n1. The van der Waals surface area contributed by atoms with E-state index in [0.717, 1.165) is 11.1 Å². The first-order chi connectivity index (χ1) is 13.7. The van der Waals surface area contributed by atoms with Crippen molar-refractivity contribution in [1.29, 1.82) is 0 Å². The molecular formula is C20H17ClFN5OS. The Labute approximate surface area is 176 Å². The number of hydrogen-bond acceptors (Lipinski definition) is 5. The van der Waals surface area contributed by atoms with E-state index in [1.54, 1.807) is 17.8 Å². The van der Waals surface area contributed by atoms with Crippen molar-refractivity contribution >= 4 is 35.3 Å². The summed E-state index contributed by atoms with van der Waals surface area (Å²) in [5.41, 5.74) is 9.23. The van der Waals surface area contributed by atoms with Gasteiger partial charge < -0.3 is 11.1 Å². The van der Waals surface area contributed by atoms with E-state index in [1.807, 2.05) is 30.3 Å². The normalized spacial score (nSPS) is 10.4. The number of carbonyl (C=O) groups is 1. The Hall–Kier alpha value is -3.07. The highest BCUT2D eigenvalue weighted by atomic mass is 35.5. The van der Waals surface area contributed by atoms with Gasteiger partial charge in [-0.15, -0.1) is 23.7 Å². The summed E-state index contributed by atoms with van der Waals surface area (Å²) in [5, 5.41) is 11.8. The van der Waals surface area contributed by atoms with Gasteiger partial charge in [-0.25, -0.2) is 9.37 Å². The minimum atomic E-state index is -0.409. The number of nitrogens with one attached hydrogen (secondary N) is 2. The summed E-state index contributed by atoms with van der Waals surface area (Å²) in [5.74, 6) is -0.794. The van der Waals surface area contributed by atoms with Crippen LogP contribution in [0.2, 0.25) is 0 Å². The third kappa shape index (κ3) is 4.34. The topological polar surface area (TPSA) is 96.7 Å². The molecule has 4 N–H and O–H groups in total. The standard InChI is InChI=1S/C20H16FN5OS.ClH/c21-15-6-13(8-22)18(16(7-15)12-4-2-1-3-5-12)26-19(27)17-11-28-20(25-17)14-9-23-24-10-14;/h1-7,9-11H,8,22H2,(H,23,24)(H,26,27);1H. The van der Waals surface area contributed by atoms with Crippen LogP contribution in [0, 0.1) is 5.82 Å². The lowest BCUT2D eigenvalue weighted by molar-refractivity contribution is 0.102. The van der Waals surface area contributed by atoms with Crippen LogP contribution in [0.25, 0.3) is 21.7 Å². The monoisotopic (exact) mass is 429 g/mol. The third-order valence-electron chi connectivity index (χ3n) is 4.21. The van der Waals surface area contributed by atoms with Gasteiger partial charge in [0.1, 0.15) is 16.5 Å². The summed E-state index contributed by atoms with van der Waals surface area (Å²) in [6.45, 7) is 0.0878. The largest absolute Gasteiger partial charge is 0.326 e. The molecule has 0 saturated heterocycles. The van der Waals surface area contributed by atoms with Gasteiger partial charge in [0.25, 0.3) is 5.91 Å². The van der Waals surface area contributed by atoms with Crippen LogP contribution in [0.4, 0.5) is 10.1 Å². The fraction of sp³-hybridized carbons (Fsp3) is 0.0500. The second-order valence-corrected chi connectivity index (χ2v) is 6.89. The van der Waals surface area contributed by atoms with E-state index in [0.29, 0.717) is 21.8 Å². The molecule has 6 nitrogen and oxygen atoms in total. The van der Waals surface area contributed by atoms with E-state index >= 15 is 0 Å². The molecule has 0 aliphatic rings. The molecule has 9 heteroatoms. The number of aromatic nitrogens is 3. The predicted molar refractivity (Wildman–Crippen MR) is 115 cm³/mol. The lowest BCUT2D eigenvalue weighted by Crippen LogP contribution is -2.16. The van der Waals surface area contributed by atoms with Crippen molar-refractivity contribution in [2.24, 2.45) is 5.73 Å². The molecule has 2 aromatic heterocycles. The van der Waals surface area contributed by atoms with Crippen LogP contribution in [-0.2, 0) is 6.54 Å². The number of halogens is 2. The quantitative estimate of drug-likeness (QED) is 0.436. The van der Waals surface area contributed by atoms with Gasteiger partial charge in [0.2, 0.25) is 0 Å². The maximum Gasteiger partial charge on any atom is 0.275 e. The molecule has 0 aliphatic carbocycles. The second-order valence-electron chi connectivity index (χ2n) is 6.04. The summed E-state index contributed by atoms with van der Waals surface area (Å²) in [6, 6.07) is 12.0. The minimum absolute atomic E-state index is 0. The number of carbonyl (C=O) groups excluding carboxylic acids is 1. The average Bonchev–Trinajstić information content (AvgIpc) is 3.41. The molecular weight excluding hydrogens is 413 g/mol. The summed E-state index contributed by atoms with van der Waals surface area (Å²) < 4.78 is 14.1. The number of nitrogens with two attached hydrogens (primary N) is 1. The molecule has 0 fully saturated rings. The van der Waals surface area contributed by atoms with Gasteiger partial charge in [-0.2, -0.15) is 5.10 Å². The summed E-state index contributed by atoms with van der Waals surface area (Å²) in [4.78, 5) is 17.2. The molecule has 2 heterocycles. The van der Waals surface area contributed by atoms with Crippen molar-refractivity contribution in [3.05, 3.63) is 77.3 Å². The van der Waals surface area contributed by atoms with Crippen LogP contribution in [-0.4, -0.2) is 21.1 Å². The molecule has 148 valence electrons. The fourth-order valence-electron chi connectivity index (χ4n) is 2.87. The minimum Gasteiger partial charge on any atom is -0.326 e. The Morgan fingerprint density at radius 1 is 1.21 bits per heavy atom. The summed E-state index contributed by atoms with van der Waals surface area (Å²) >= 11 is 1.34. The van der Waals surface area contributed by atoms with Crippen molar-refractivity contribution < 1.29 is 9.18 Å². The van der Waals surface area contributed by atoms with Crippen molar-refractivity contribution in [3.63, 3.8) is 0 Å². The number of anilines is 1. The number of rotatable bonds is 5. The Kier molecular flexibility index (Phi) is 6.38. The van der Waals surface area contributed by atoms with Crippen LogP contribution in [0.3, 0.4) is 0 Å². The fourth-order valence-corrected chi connectivity index (χ4v) is 3.66. The predicted octanol–water partition coefficient (Wildman–Crippen LogP) is 4.47. The number of H-pyrrole nitrogens is 1. The van der Waals surface area contributed by atoms with Crippen molar-refractivity contribution in [2.75, 3.05) is 5.32 Å². The van der Waals surface area contributed by atoms with Crippen LogP contribution >= 0.6 is 23.7 Å². The van der Waals surface area contributed by atoms with E-state index in [1.165, 1.54) is 23.5 Å². The van der Waals surface area contributed by atoms with Crippen molar-refractivity contribution in [3.8, 4) is 21.7 Å². The van der Waals surface area contributed by atoms with Gasteiger partial charge in [0, 0.05) is 29.2 Å². The van der Waals surface area contributed by atoms with Gasteiger partial charge in [-0.05, 0) is 23.3 Å². The van der Waals surface area contributed by atoms with Crippen molar-refractivity contribution in [2.45, 2.75) is 6.54 Å². The zero-order valence-corrected chi connectivity index (χ0v) is 16.7. The highest BCUT2D eigenvalue weighted by Gasteiger charge is 2.18. The Balaban J connectivity index is 0.00000240. The van der Waals surface area contributed by atoms with E-state index in [-0.39, 0.29) is 30.6 Å². The Morgan fingerprint density at radius 3 is 2.69 bits per heavy atom. The molecule has 0 atom stereocenters. The summed E-state index contributed by atoms with van der Waals surface area (Å²) in [6.07, 6.45) is 3.35. The molecule has 0 radical (unpaired) electrons. The van der Waals surface area contributed by atoms with Gasteiger partial charge in [-0.1, -0.05) is 30.3 Å². The molecule has 2 aromatic carbocycles. The van der Waals surface area contributed by atoms with Crippen molar-refractivity contribution in [1.82, 2.24) is 15.2 Å². The number of amides is 1. The molecule has 0 aliphatic heterocycles. The number of nitrogens with zero attached hydrogens (tertiary/aromatic N) is 2. The van der Waals surface area contributed by atoms with Crippen LogP contribution in [0.1, 0.15) is 16.1 Å². The lowest BCUT2D eigenvalue weighted by atomic mass is 9.99. The first-order valence-electron chi connectivity index (χ1n) is 8.49. The maximum atomic E-state index is 14.1. The smallest absolute Gasteiger partial charge is 0.275 e. The zero-order chi connectivity index (χ0) is 19.5. The number of thiazole rings is 1. The molecule has 29 heavy (non-hydrogen) atoms. The van der Waals surface area contributed by atoms with E-state index in [4.69, 9.17) is 5.73 Å². The Bertz CT molecular complexity index is 1120. The Morgan fingerprint density at radius 2 is 2.00 bits per heavy atom. The van der Waals surface area contributed by atoms with Gasteiger partial charge in [0.15, 0.2) is 0 Å².